The third-order valence-corrected chi connectivity index (χ3v) is 1.02. The average Bonchev–Trinajstić information content (AvgIpc) is 2.40. The van der Waals surface area contributed by atoms with Crippen molar-refractivity contribution < 1.29 is 117 Å². The number of carbonyl (C=O) groups is 3. The molecule has 0 fully saturated rings. The molecule has 0 aliphatic carbocycles. The van der Waals surface area contributed by atoms with Crippen molar-refractivity contribution in [2.45, 2.75) is 13.8 Å². The summed E-state index contributed by atoms with van der Waals surface area (Å²) in [7, 11) is 1.22. The van der Waals surface area contributed by atoms with Crippen LogP contribution in [-0.4, -0.2) is 87.2 Å². The standard InChI is InChI=1S/C6H10O6.C2H3ClO2.2ClH.4Na.H2O.H/c1-3-9-5(7)11-12-6(8)10-4-2;1-5-2(3)4;;;;;;;;/h3-4H2,1-2H3;1H3;2*1H;;;;;1H2;/q;;;;;;2*+1;;-1/p-1. The Hall–Kier alpha value is 2.84. The van der Waals surface area contributed by atoms with Gasteiger partial charge in [0.1, 0.15) is 0 Å². The average molecular weight is 456 g/mol. The van der Waals surface area contributed by atoms with Gasteiger partial charge in [-0.05, 0) is 13.8 Å². The van der Waals surface area contributed by atoms with Gasteiger partial charge in [-0.25, -0.2) is 4.79 Å². The summed E-state index contributed by atoms with van der Waals surface area (Å²) in [5, 5.41) is 0. The molecule has 9 nitrogen and oxygen atoms in total. The van der Waals surface area contributed by atoms with Crippen LogP contribution < -0.4 is 71.5 Å². The predicted octanol–water partition coefficient (Wildman–Crippen LogP) is -7.80. The van der Waals surface area contributed by atoms with Crippen LogP contribution in [0.15, 0.2) is 0 Å². The van der Waals surface area contributed by atoms with Gasteiger partial charge in [0.15, 0.2) is 0 Å². The van der Waals surface area contributed by atoms with Gasteiger partial charge in [0, 0.05) is 11.6 Å². The van der Waals surface area contributed by atoms with E-state index >= 15 is 0 Å². The molecule has 128 valence electrons. The van der Waals surface area contributed by atoms with Gasteiger partial charge in [0.2, 0.25) is 0 Å². The van der Waals surface area contributed by atoms with Crippen LogP contribution in [0, 0.1) is 0 Å². The van der Waals surface area contributed by atoms with Gasteiger partial charge in [0.25, 0.3) is 0 Å². The van der Waals surface area contributed by atoms with Gasteiger partial charge < -0.3 is 33.5 Å². The molecule has 0 aromatic heterocycles. The molecule has 0 aliphatic heterocycles. The molecule has 0 saturated carbocycles. The molecule has 0 amide bonds. The van der Waals surface area contributed by atoms with E-state index in [1.54, 1.807) is 13.8 Å². The molecule has 0 rings (SSSR count). The third-order valence-electron chi connectivity index (χ3n) is 0.863. The molecule has 0 aromatic carbocycles. The van der Waals surface area contributed by atoms with Gasteiger partial charge in [-0.1, -0.05) is 0 Å². The van der Waals surface area contributed by atoms with E-state index in [0.29, 0.717) is 0 Å². The van der Waals surface area contributed by atoms with Gasteiger partial charge in [-0.15, -0.1) is 12.4 Å². The fourth-order valence-corrected chi connectivity index (χ4v) is 0.352. The fraction of sp³-hybridized carbons (Fsp3) is 0.625. The van der Waals surface area contributed by atoms with E-state index in [0.717, 1.165) is 0 Å². The maximum absolute atomic E-state index is 10.4. The van der Waals surface area contributed by atoms with E-state index in [-0.39, 0.29) is 104 Å². The summed E-state index contributed by atoms with van der Waals surface area (Å²) in [6, 6.07) is 0. The molecule has 0 aliphatic rings. The topological polar surface area (TPSA) is 129 Å². The number of ether oxygens (including phenoxy) is 3. The molecule has 0 radical (unpaired) electrons. The molecular formula is C8H17Cl3Na4O9. The van der Waals surface area contributed by atoms with Gasteiger partial charge >= 0.3 is 120 Å². The Morgan fingerprint density at radius 3 is 1.29 bits per heavy atom. The Bertz CT molecular complexity index is 253. The summed E-state index contributed by atoms with van der Waals surface area (Å²) in [5.74, 6) is 0. The summed E-state index contributed by atoms with van der Waals surface area (Å²) in [5.41, 5.74) is -0.773. The van der Waals surface area contributed by atoms with Crippen molar-refractivity contribution >= 4 is 85.4 Å². The number of halogens is 3. The zero-order valence-electron chi connectivity index (χ0n) is 15.8. The Labute approximate surface area is 232 Å². The van der Waals surface area contributed by atoms with Crippen molar-refractivity contribution in [2.24, 2.45) is 0 Å². The Balaban J connectivity index is -0.0000000249. The van der Waals surface area contributed by atoms with E-state index < -0.39 is 17.7 Å². The second-order valence-corrected chi connectivity index (χ2v) is 2.28. The van der Waals surface area contributed by atoms with E-state index in [1.165, 1.54) is 50.7 Å². The number of hydrogen-bond donors (Lipinski definition) is 0. The molecule has 0 aromatic rings. The normalized spacial score (nSPS) is 6.00. The van der Waals surface area contributed by atoms with Crippen molar-refractivity contribution in [1.82, 2.24) is 0 Å². The zero-order chi connectivity index (χ0) is 15.7. The van der Waals surface area contributed by atoms with Gasteiger partial charge in [-0.2, -0.15) is 19.4 Å². The molecule has 16 heteroatoms. The molecule has 0 saturated heterocycles. The van der Waals surface area contributed by atoms with E-state index in [9.17, 15) is 14.4 Å². The van der Waals surface area contributed by atoms with Crippen LogP contribution in [0.3, 0.4) is 0 Å². The van der Waals surface area contributed by atoms with Crippen LogP contribution >= 0.6 is 24.0 Å². The second-order valence-electron chi connectivity index (χ2n) is 1.97. The van der Waals surface area contributed by atoms with Crippen molar-refractivity contribution in [3.05, 3.63) is 0 Å². The first kappa shape index (κ1) is 50.5. The van der Waals surface area contributed by atoms with Crippen LogP contribution in [0.1, 0.15) is 15.3 Å². The zero-order valence-corrected chi connectivity index (χ0v) is 25.2. The first-order valence-electron chi connectivity index (χ1n) is 5.39. The van der Waals surface area contributed by atoms with E-state index in [4.69, 9.17) is 0 Å². The molecule has 24 heavy (non-hydrogen) atoms. The Morgan fingerprint density at radius 1 is 0.958 bits per heavy atom. The third kappa shape index (κ3) is 56.3. The summed E-state index contributed by atoms with van der Waals surface area (Å²) < 4.78 is 12.4. The van der Waals surface area contributed by atoms with Crippen LogP contribution in [0.5, 0.6) is 0 Å². The molecule has 2 N–H and O–H groups in total. The molecular weight excluding hydrogens is 438 g/mol. The van der Waals surface area contributed by atoms with Gasteiger partial charge in [-0.3, -0.25) is 0 Å². The van der Waals surface area contributed by atoms with Crippen molar-refractivity contribution in [2.75, 3.05) is 20.3 Å². The van der Waals surface area contributed by atoms with E-state index in [1.807, 2.05) is 0 Å². The van der Waals surface area contributed by atoms with Crippen LogP contribution in [0.25, 0.3) is 0 Å². The molecule has 0 heterocycles. The first-order valence-corrected chi connectivity index (χ1v) is 13.8. The summed E-state index contributed by atoms with van der Waals surface area (Å²) in [6.45, 7) is 3.47. The quantitative estimate of drug-likeness (QED) is 0.100. The second kappa shape index (κ2) is 44.9. The molecule has 0 unspecified atom stereocenters. The summed E-state index contributed by atoms with van der Waals surface area (Å²) in [4.78, 5) is 37.8. The fourth-order valence-electron chi connectivity index (χ4n) is 0.352. The van der Waals surface area contributed by atoms with E-state index in [2.05, 4.69) is 35.6 Å². The molecule has 0 bridgehead atoms. The van der Waals surface area contributed by atoms with Crippen LogP contribution in [0.2, 0.25) is 0 Å². The van der Waals surface area contributed by atoms with Crippen molar-refractivity contribution in [3.8, 4) is 0 Å². The van der Waals surface area contributed by atoms with Crippen LogP contribution in [-0.2, 0) is 24.0 Å². The number of hydrogen-bond acceptors (Lipinski definition) is 8. The predicted molar refractivity (Wildman–Crippen MR) is 78.0 cm³/mol. The molecule has 0 atom stereocenters. The number of methoxy groups -OCH3 is 1. The summed E-state index contributed by atoms with van der Waals surface area (Å²) in [6.07, 6.45) is -2.16. The summed E-state index contributed by atoms with van der Waals surface area (Å²) >= 11 is 7.49. The SMILES string of the molecule is CCOC(=O)OOC(=O)OCC.COC(=O)Cl.Cl.O.[Cl-].[H-].[Na+].[Na+].[Na][Na]. The maximum atomic E-state index is 10.4. The van der Waals surface area contributed by atoms with Crippen LogP contribution in [0.4, 0.5) is 14.4 Å². The minimum absolute atomic E-state index is 0. The van der Waals surface area contributed by atoms with Crippen molar-refractivity contribution in [3.63, 3.8) is 0 Å². The monoisotopic (exact) mass is 454 g/mol. The number of carbonyl (C=O) groups excluding carboxylic acids is 3. The minimum atomic E-state index is -1.08. The van der Waals surface area contributed by atoms with Crippen molar-refractivity contribution in [1.29, 1.82) is 0 Å². The first-order chi connectivity index (χ1) is 8.97. The van der Waals surface area contributed by atoms with Gasteiger partial charge in [0.05, 0.1) is 20.3 Å². The molecule has 0 spiro atoms. The Kier molecular flexibility index (Phi) is 94.5. The Morgan fingerprint density at radius 2 is 1.17 bits per heavy atom. The number of rotatable bonds is 2.